The van der Waals surface area contributed by atoms with Crippen LogP contribution in [0.25, 0.3) is 0 Å². The number of nitrogens with one attached hydrogen (secondary N) is 2. The molecule has 1 saturated carbocycles. The van der Waals surface area contributed by atoms with Crippen molar-refractivity contribution in [2.24, 2.45) is 5.41 Å². The van der Waals surface area contributed by atoms with Crippen molar-refractivity contribution in [2.75, 3.05) is 13.7 Å². The summed E-state index contributed by atoms with van der Waals surface area (Å²) in [6.45, 7) is 4.46. The third-order valence-electron chi connectivity index (χ3n) is 4.48. The molecule has 1 atom stereocenters. The van der Waals surface area contributed by atoms with Crippen molar-refractivity contribution in [1.29, 1.82) is 0 Å². The molecule has 0 heterocycles. The molecule has 0 aliphatic heterocycles. The van der Waals surface area contributed by atoms with Crippen molar-refractivity contribution in [2.45, 2.75) is 45.6 Å². The van der Waals surface area contributed by atoms with Gasteiger partial charge < -0.3 is 15.4 Å². The van der Waals surface area contributed by atoms with E-state index >= 15 is 0 Å². The number of carbonyl (C=O) groups excluding carboxylic acids is 2. The van der Waals surface area contributed by atoms with Crippen LogP contribution in [0.1, 0.15) is 38.7 Å². The lowest BCUT2D eigenvalue weighted by atomic mass is 10.0. The van der Waals surface area contributed by atoms with Crippen molar-refractivity contribution in [3.8, 4) is 5.75 Å². The summed E-state index contributed by atoms with van der Waals surface area (Å²) in [5.41, 5.74) is 0.203. The Kier molecular flexibility index (Phi) is 5.64. The second-order valence-corrected chi connectivity index (χ2v) is 6.18. The molecule has 0 radical (unpaired) electrons. The van der Waals surface area contributed by atoms with Crippen LogP contribution in [0.5, 0.6) is 5.75 Å². The number of methoxy groups -OCH3 is 1. The minimum Gasteiger partial charge on any atom is -0.496 e. The van der Waals surface area contributed by atoms with Crippen LogP contribution >= 0.6 is 0 Å². The fourth-order valence-electron chi connectivity index (χ4n) is 2.54. The third kappa shape index (κ3) is 4.03. The number of hydrogen-bond acceptors (Lipinski definition) is 3. The van der Waals surface area contributed by atoms with E-state index in [-0.39, 0.29) is 17.9 Å². The monoisotopic (exact) mass is 318 g/mol. The predicted molar refractivity (Wildman–Crippen MR) is 89.3 cm³/mol. The minimum absolute atomic E-state index is 0.0985. The van der Waals surface area contributed by atoms with Crippen molar-refractivity contribution >= 4 is 11.8 Å². The largest absolute Gasteiger partial charge is 0.496 e. The first-order valence-electron chi connectivity index (χ1n) is 8.24. The molecule has 1 aliphatic rings. The van der Waals surface area contributed by atoms with Crippen LogP contribution in [0.2, 0.25) is 0 Å². The van der Waals surface area contributed by atoms with Crippen LogP contribution in [0, 0.1) is 5.41 Å². The van der Waals surface area contributed by atoms with E-state index < -0.39 is 5.41 Å². The zero-order chi connectivity index (χ0) is 16.9. The van der Waals surface area contributed by atoms with Crippen LogP contribution in [-0.4, -0.2) is 31.5 Å². The lowest BCUT2D eigenvalue weighted by Gasteiger charge is -2.18. The zero-order valence-electron chi connectivity index (χ0n) is 14.1. The molecular weight excluding hydrogens is 292 g/mol. The van der Waals surface area contributed by atoms with Crippen molar-refractivity contribution in [1.82, 2.24) is 10.6 Å². The highest BCUT2D eigenvalue weighted by Gasteiger charge is 2.56. The van der Waals surface area contributed by atoms with Crippen molar-refractivity contribution in [3.05, 3.63) is 29.8 Å². The maximum absolute atomic E-state index is 12.4. The van der Waals surface area contributed by atoms with Gasteiger partial charge in [-0.2, -0.15) is 0 Å². The molecule has 2 N–H and O–H groups in total. The standard InChI is InChI=1S/C18H26N2O3/c1-4-13(2)20-17(22)18(10-11-18)16(21)19-12-9-14-7-5-6-8-15(14)23-3/h5-8,13H,4,9-12H2,1-3H3,(H,19,21)(H,20,22). The Morgan fingerprint density at radius 2 is 1.96 bits per heavy atom. The van der Waals surface area contributed by atoms with E-state index in [0.29, 0.717) is 25.8 Å². The van der Waals surface area contributed by atoms with E-state index in [1.165, 1.54) is 0 Å². The highest BCUT2D eigenvalue weighted by atomic mass is 16.5. The van der Waals surface area contributed by atoms with Gasteiger partial charge in [0, 0.05) is 12.6 Å². The lowest BCUT2D eigenvalue weighted by Crippen LogP contribution is -2.46. The predicted octanol–water partition coefficient (Wildman–Crippen LogP) is 2.05. The van der Waals surface area contributed by atoms with Gasteiger partial charge in [0.2, 0.25) is 11.8 Å². The van der Waals surface area contributed by atoms with Gasteiger partial charge in [0.15, 0.2) is 0 Å². The molecule has 5 heteroatoms. The van der Waals surface area contributed by atoms with Crippen LogP contribution in [0.4, 0.5) is 0 Å². The highest BCUT2D eigenvalue weighted by molar-refractivity contribution is 6.07. The van der Waals surface area contributed by atoms with Gasteiger partial charge in [-0.15, -0.1) is 0 Å². The Hall–Kier alpha value is -2.04. The Morgan fingerprint density at radius 3 is 2.57 bits per heavy atom. The van der Waals surface area contributed by atoms with Crippen LogP contribution in [-0.2, 0) is 16.0 Å². The van der Waals surface area contributed by atoms with E-state index in [1.807, 2.05) is 38.1 Å². The van der Waals surface area contributed by atoms with Gasteiger partial charge in [-0.1, -0.05) is 25.1 Å². The van der Waals surface area contributed by atoms with Gasteiger partial charge in [0.1, 0.15) is 11.2 Å². The summed E-state index contributed by atoms with van der Waals surface area (Å²) < 4.78 is 5.30. The van der Waals surface area contributed by atoms with Crippen LogP contribution < -0.4 is 15.4 Å². The SMILES string of the molecule is CCC(C)NC(=O)C1(C(=O)NCCc2ccccc2OC)CC1. The summed E-state index contributed by atoms with van der Waals surface area (Å²) in [6, 6.07) is 7.84. The van der Waals surface area contributed by atoms with Gasteiger partial charge >= 0.3 is 0 Å². The molecule has 5 nitrogen and oxygen atoms in total. The van der Waals surface area contributed by atoms with E-state index in [0.717, 1.165) is 17.7 Å². The third-order valence-corrected chi connectivity index (χ3v) is 4.48. The second-order valence-electron chi connectivity index (χ2n) is 6.18. The number of rotatable bonds is 8. The molecular formula is C18H26N2O3. The Bertz CT molecular complexity index is 567. The number of hydrogen-bond donors (Lipinski definition) is 2. The van der Waals surface area contributed by atoms with Gasteiger partial charge in [-0.25, -0.2) is 0 Å². The molecule has 2 amide bonds. The molecule has 23 heavy (non-hydrogen) atoms. The summed E-state index contributed by atoms with van der Waals surface area (Å²) in [5.74, 6) is 0.521. The van der Waals surface area contributed by atoms with Gasteiger partial charge in [-0.3, -0.25) is 9.59 Å². The molecule has 1 unspecified atom stereocenters. The van der Waals surface area contributed by atoms with E-state index in [2.05, 4.69) is 10.6 Å². The quantitative estimate of drug-likeness (QED) is 0.721. The van der Waals surface area contributed by atoms with Crippen molar-refractivity contribution in [3.63, 3.8) is 0 Å². The Balaban J connectivity index is 1.86. The molecule has 2 rings (SSSR count). The van der Waals surface area contributed by atoms with E-state index in [9.17, 15) is 9.59 Å². The maximum Gasteiger partial charge on any atom is 0.235 e. The van der Waals surface area contributed by atoms with Gasteiger partial charge in [0.25, 0.3) is 0 Å². The molecule has 0 bridgehead atoms. The number of carbonyl (C=O) groups is 2. The molecule has 1 aromatic rings. The van der Waals surface area contributed by atoms with Crippen LogP contribution in [0.15, 0.2) is 24.3 Å². The Labute approximate surface area is 137 Å². The summed E-state index contributed by atoms with van der Waals surface area (Å²) in [6.07, 6.45) is 2.81. The molecule has 1 aromatic carbocycles. The van der Waals surface area contributed by atoms with Gasteiger partial charge in [-0.05, 0) is 44.2 Å². The first-order chi connectivity index (χ1) is 11.0. The maximum atomic E-state index is 12.4. The molecule has 0 aromatic heterocycles. The summed E-state index contributed by atoms with van der Waals surface area (Å²) >= 11 is 0. The summed E-state index contributed by atoms with van der Waals surface area (Å²) in [4.78, 5) is 24.7. The normalized spacial score (nSPS) is 16.3. The topological polar surface area (TPSA) is 67.4 Å². The molecule has 0 spiro atoms. The summed E-state index contributed by atoms with van der Waals surface area (Å²) in [5, 5.41) is 5.82. The number of para-hydroxylation sites is 1. The average Bonchev–Trinajstić information content (AvgIpc) is 3.37. The average molecular weight is 318 g/mol. The number of amides is 2. The van der Waals surface area contributed by atoms with Crippen LogP contribution in [0.3, 0.4) is 0 Å². The first kappa shape index (κ1) is 17.3. The van der Waals surface area contributed by atoms with E-state index in [4.69, 9.17) is 4.74 Å². The minimum atomic E-state index is -0.843. The molecule has 0 saturated heterocycles. The fourth-order valence-corrected chi connectivity index (χ4v) is 2.54. The number of benzene rings is 1. The lowest BCUT2D eigenvalue weighted by molar-refractivity contribution is -0.137. The molecule has 1 aliphatic carbocycles. The smallest absolute Gasteiger partial charge is 0.235 e. The summed E-state index contributed by atoms with van der Waals surface area (Å²) in [7, 11) is 1.63. The molecule has 126 valence electrons. The van der Waals surface area contributed by atoms with Crippen molar-refractivity contribution < 1.29 is 14.3 Å². The first-order valence-corrected chi connectivity index (χ1v) is 8.24. The zero-order valence-corrected chi connectivity index (χ0v) is 14.1. The molecule has 1 fully saturated rings. The number of ether oxygens (including phenoxy) is 1. The second kappa shape index (κ2) is 7.49. The highest BCUT2D eigenvalue weighted by Crippen LogP contribution is 2.46. The van der Waals surface area contributed by atoms with E-state index in [1.54, 1.807) is 7.11 Å². The Morgan fingerprint density at radius 1 is 1.26 bits per heavy atom. The fraction of sp³-hybridized carbons (Fsp3) is 0.556. The van der Waals surface area contributed by atoms with Gasteiger partial charge in [0.05, 0.1) is 7.11 Å².